The van der Waals surface area contributed by atoms with Gasteiger partial charge in [0.15, 0.2) is 5.82 Å². The molecule has 6 heteroatoms. The summed E-state index contributed by atoms with van der Waals surface area (Å²) in [4.78, 5) is 5.34. The summed E-state index contributed by atoms with van der Waals surface area (Å²) in [6.45, 7) is 4.07. The Morgan fingerprint density at radius 3 is 2.83 bits per heavy atom. The van der Waals surface area contributed by atoms with Gasteiger partial charge in [0.1, 0.15) is 0 Å². The van der Waals surface area contributed by atoms with Crippen molar-refractivity contribution in [3.05, 3.63) is 34.4 Å². The number of halogens is 1. The van der Waals surface area contributed by atoms with E-state index in [1.54, 1.807) is 11.8 Å². The molecule has 0 saturated heterocycles. The Kier molecular flexibility index (Phi) is 4.29. The van der Waals surface area contributed by atoms with Crippen LogP contribution in [-0.2, 0) is 5.75 Å². The molecule has 0 aliphatic heterocycles. The first-order valence-electron chi connectivity index (χ1n) is 5.56. The molecule has 0 amide bonds. The van der Waals surface area contributed by atoms with Gasteiger partial charge in [0.05, 0.1) is 5.75 Å². The highest BCUT2D eigenvalue weighted by molar-refractivity contribution is 9.10. The zero-order valence-corrected chi connectivity index (χ0v) is 12.6. The Morgan fingerprint density at radius 2 is 2.22 bits per heavy atom. The van der Waals surface area contributed by atoms with Gasteiger partial charge < -0.3 is 10.3 Å². The maximum Gasteiger partial charge on any atom is 0.237 e. The van der Waals surface area contributed by atoms with E-state index in [1.165, 1.54) is 0 Å². The lowest BCUT2D eigenvalue weighted by atomic mass is 10.2. The summed E-state index contributed by atoms with van der Waals surface area (Å²) < 4.78 is 6.16. The van der Waals surface area contributed by atoms with E-state index in [1.807, 2.05) is 32.0 Å². The average Bonchev–Trinajstić information content (AvgIpc) is 2.76. The standard InChI is InChI=1S/C12H14BrN3OS/c1-7(2)12-15-11(17-16-12)6-18-10-4-3-8(13)5-9(10)14/h3-5,7H,6,14H2,1-2H3. The van der Waals surface area contributed by atoms with E-state index < -0.39 is 0 Å². The highest BCUT2D eigenvalue weighted by Gasteiger charge is 2.10. The third-order valence-corrected chi connectivity index (χ3v) is 3.89. The fraction of sp³-hybridized carbons (Fsp3) is 0.333. The molecule has 18 heavy (non-hydrogen) atoms. The molecule has 0 fully saturated rings. The molecular formula is C12H14BrN3OS. The van der Waals surface area contributed by atoms with Crippen LogP contribution in [0.5, 0.6) is 0 Å². The molecule has 1 heterocycles. The first kappa shape index (κ1) is 13.4. The van der Waals surface area contributed by atoms with Crippen LogP contribution in [0.25, 0.3) is 0 Å². The van der Waals surface area contributed by atoms with Crippen molar-refractivity contribution in [2.75, 3.05) is 5.73 Å². The minimum absolute atomic E-state index is 0.283. The molecular weight excluding hydrogens is 314 g/mol. The Morgan fingerprint density at radius 1 is 1.44 bits per heavy atom. The number of hydrogen-bond donors (Lipinski definition) is 1. The number of rotatable bonds is 4. The second-order valence-corrected chi connectivity index (χ2v) is 6.10. The molecule has 4 nitrogen and oxygen atoms in total. The number of anilines is 1. The Balaban J connectivity index is 2.02. The van der Waals surface area contributed by atoms with Crippen molar-refractivity contribution in [3.63, 3.8) is 0 Å². The summed E-state index contributed by atoms with van der Waals surface area (Å²) in [7, 11) is 0. The lowest BCUT2D eigenvalue weighted by molar-refractivity contribution is 0.383. The van der Waals surface area contributed by atoms with Crippen LogP contribution >= 0.6 is 27.7 Å². The summed E-state index contributed by atoms with van der Waals surface area (Å²) in [6, 6.07) is 5.82. The highest BCUT2D eigenvalue weighted by atomic mass is 79.9. The van der Waals surface area contributed by atoms with Gasteiger partial charge in [-0.2, -0.15) is 4.98 Å². The van der Waals surface area contributed by atoms with E-state index >= 15 is 0 Å². The minimum atomic E-state index is 0.283. The molecule has 2 aromatic rings. The van der Waals surface area contributed by atoms with Crippen LogP contribution in [0.15, 0.2) is 32.1 Å². The van der Waals surface area contributed by atoms with Crippen LogP contribution in [-0.4, -0.2) is 10.1 Å². The number of hydrogen-bond acceptors (Lipinski definition) is 5. The fourth-order valence-electron chi connectivity index (χ4n) is 1.35. The van der Waals surface area contributed by atoms with E-state index in [0.717, 1.165) is 20.9 Å². The quantitative estimate of drug-likeness (QED) is 0.682. The minimum Gasteiger partial charge on any atom is -0.398 e. The van der Waals surface area contributed by atoms with Gasteiger partial charge in [-0.05, 0) is 18.2 Å². The number of aromatic nitrogens is 2. The number of nitrogen functional groups attached to an aromatic ring is 1. The second kappa shape index (κ2) is 5.75. The summed E-state index contributed by atoms with van der Waals surface area (Å²) in [5.41, 5.74) is 6.67. The highest BCUT2D eigenvalue weighted by Crippen LogP contribution is 2.30. The molecule has 0 spiro atoms. The summed E-state index contributed by atoms with van der Waals surface area (Å²) >= 11 is 4.97. The normalized spacial score (nSPS) is 11.1. The van der Waals surface area contributed by atoms with Gasteiger partial charge in [-0.25, -0.2) is 0 Å². The molecule has 0 atom stereocenters. The molecule has 0 aliphatic carbocycles. The molecule has 2 N–H and O–H groups in total. The maximum atomic E-state index is 5.92. The molecule has 0 unspecified atom stereocenters. The lowest BCUT2D eigenvalue weighted by Gasteiger charge is -2.03. The first-order valence-corrected chi connectivity index (χ1v) is 7.34. The van der Waals surface area contributed by atoms with E-state index in [0.29, 0.717) is 11.6 Å². The van der Waals surface area contributed by atoms with E-state index in [9.17, 15) is 0 Å². The Labute approximate surface area is 118 Å². The molecule has 0 bridgehead atoms. The molecule has 1 aromatic heterocycles. The van der Waals surface area contributed by atoms with Crippen molar-refractivity contribution in [1.29, 1.82) is 0 Å². The third-order valence-electron chi connectivity index (χ3n) is 2.32. The molecule has 0 aliphatic rings. The Bertz CT molecular complexity index is 542. The largest absolute Gasteiger partial charge is 0.398 e. The number of nitrogens with zero attached hydrogens (tertiary/aromatic N) is 2. The van der Waals surface area contributed by atoms with Gasteiger partial charge >= 0.3 is 0 Å². The number of thioether (sulfide) groups is 1. The Hall–Kier alpha value is -1.01. The molecule has 1 aromatic carbocycles. The SMILES string of the molecule is CC(C)c1noc(CSc2ccc(Br)cc2N)n1. The van der Waals surface area contributed by atoms with Crippen molar-refractivity contribution in [1.82, 2.24) is 10.1 Å². The van der Waals surface area contributed by atoms with Gasteiger partial charge in [0.25, 0.3) is 0 Å². The number of nitrogens with two attached hydrogens (primary N) is 1. The predicted octanol–water partition coefficient (Wildman–Crippen LogP) is 3.83. The average molecular weight is 328 g/mol. The van der Waals surface area contributed by atoms with Crippen molar-refractivity contribution in [3.8, 4) is 0 Å². The zero-order valence-electron chi connectivity index (χ0n) is 10.2. The van der Waals surface area contributed by atoms with Crippen molar-refractivity contribution < 1.29 is 4.52 Å². The van der Waals surface area contributed by atoms with Crippen LogP contribution < -0.4 is 5.73 Å². The van der Waals surface area contributed by atoms with Gasteiger partial charge in [0.2, 0.25) is 5.89 Å². The lowest BCUT2D eigenvalue weighted by Crippen LogP contribution is -1.91. The summed E-state index contributed by atoms with van der Waals surface area (Å²) in [5, 5.41) is 3.93. The second-order valence-electron chi connectivity index (χ2n) is 4.17. The fourth-order valence-corrected chi connectivity index (χ4v) is 2.52. The smallest absolute Gasteiger partial charge is 0.237 e. The van der Waals surface area contributed by atoms with Crippen molar-refractivity contribution in [2.45, 2.75) is 30.4 Å². The first-order chi connectivity index (χ1) is 8.56. The maximum absolute atomic E-state index is 5.92. The van der Waals surface area contributed by atoms with Crippen LogP contribution in [0.1, 0.15) is 31.5 Å². The van der Waals surface area contributed by atoms with Gasteiger partial charge in [-0.1, -0.05) is 34.9 Å². The van der Waals surface area contributed by atoms with E-state index in [-0.39, 0.29) is 5.92 Å². The third kappa shape index (κ3) is 3.26. The van der Waals surface area contributed by atoms with Crippen LogP contribution in [0, 0.1) is 0 Å². The zero-order chi connectivity index (χ0) is 13.1. The summed E-state index contributed by atoms with van der Waals surface area (Å²) in [6.07, 6.45) is 0. The van der Waals surface area contributed by atoms with Crippen molar-refractivity contribution in [2.24, 2.45) is 0 Å². The molecule has 2 rings (SSSR count). The van der Waals surface area contributed by atoms with E-state index in [4.69, 9.17) is 10.3 Å². The molecule has 0 radical (unpaired) electrons. The predicted molar refractivity (Wildman–Crippen MR) is 76.5 cm³/mol. The van der Waals surface area contributed by atoms with Crippen LogP contribution in [0.2, 0.25) is 0 Å². The van der Waals surface area contributed by atoms with Crippen LogP contribution in [0.3, 0.4) is 0 Å². The van der Waals surface area contributed by atoms with Gasteiger partial charge in [-0.3, -0.25) is 0 Å². The molecule has 0 saturated carbocycles. The van der Waals surface area contributed by atoms with Crippen LogP contribution in [0.4, 0.5) is 5.69 Å². The van der Waals surface area contributed by atoms with Gasteiger partial charge in [-0.15, -0.1) is 11.8 Å². The monoisotopic (exact) mass is 327 g/mol. The summed E-state index contributed by atoms with van der Waals surface area (Å²) in [5.74, 6) is 2.29. The number of benzene rings is 1. The topological polar surface area (TPSA) is 64.9 Å². The van der Waals surface area contributed by atoms with Crippen molar-refractivity contribution >= 4 is 33.4 Å². The van der Waals surface area contributed by atoms with Gasteiger partial charge in [0, 0.05) is 21.0 Å². The van der Waals surface area contributed by atoms with E-state index in [2.05, 4.69) is 26.1 Å². The molecule has 96 valence electrons.